The normalized spacial score (nSPS) is 27.8. The molecule has 0 unspecified atom stereocenters. The van der Waals surface area contributed by atoms with Gasteiger partial charge in [0.05, 0.1) is 6.10 Å². The Balaban J connectivity index is 2.20. The predicted octanol–water partition coefficient (Wildman–Crippen LogP) is 3.08. The van der Waals surface area contributed by atoms with Gasteiger partial charge in [0.1, 0.15) is 0 Å². The van der Waals surface area contributed by atoms with Crippen LogP contribution in [-0.2, 0) is 0 Å². The molecule has 1 nitrogen and oxygen atoms in total. The zero-order valence-corrected chi connectivity index (χ0v) is 9.00. The van der Waals surface area contributed by atoms with E-state index in [0.717, 1.165) is 23.7 Å². The van der Waals surface area contributed by atoms with Gasteiger partial charge in [-0.3, -0.25) is 0 Å². The number of halogens is 1. The van der Waals surface area contributed by atoms with Crippen LogP contribution in [-0.4, -0.2) is 11.2 Å². The van der Waals surface area contributed by atoms with Crippen molar-refractivity contribution in [1.82, 2.24) is 0 Å². The minimum Gasteiger partial charge on any atom is -0.392 e. The molecule has 1 aromatic carbocycles. The number of aliphatic hydroxyl groups is 1. The summed E-state index contributed by atoms with van der Waals surface area (Å²) in [6, 6.07) is 8.29. The van der Waals surface area contributed by atoms with Crippen LogP contribution >= 0.6 is 15.9 Å². The molecule has 0 saturated heterocycles. The van der Waals surface area contributed by atoms with Crippen LogP contribution in [0.3, 0.4) is 0 Å². The first-order valence-corrected chi connectivity index (χ1v) is 5.50. The highest BCUT2D eigenvalue weighted by Gasteiger charge is 2.26. The minimum atomic E-state index is -0.124. The van der Waals surface area contributed by atoms with Crippen molar-refractivity contribution in [3.63, 3.8) is 0 Å². The van der Waals surface area contributed by atoms with E-state index in [0.29, 0.717) is 5.92 Å². The molecule has 0 amide bonds. The molecule has 13 heavy (non-hydrogen) atoms. The van der Waals surface area contributed by atoms with E-state index in [1.165, 1.54) is 5.56 Å². The number of benzene rings is 1. The molecular formula is C11H13BrO. The van der Waals surface area contributed by atoms with Crippen molar-refractivity contribution >= 4 is 15.9 Å². The predicted molar refractivity (Wildman–Crippen MR) is 56.7 cm³/mol. The van der Waals surface area contributed by atoms with E-state index in [2.05, 4.69) is 28.1 Å². The van der Waals surface area contributed by atoms with Crippen LogP contribution in [0, 0.1) is 0 Å². The molecule has 2 heteroatoms. The summed E-state index contributed by atoms with van der Waals surface area (Å²) in [5.41, 5.74) is 1.27. The molecule has 1 fully saturated rings. The van der Waals surface area contributed by atoms with Crippen LogP contribution < -0.4 is 0 Å². The number of aliphatic hydroxyl groups excluding tert-OH is 1. The summed E-state index contributed by atoms with van der Waals surface area (Å²) in [6.45, 7) is 0. The maximum absolute atomic E-state index is 9.70. The molecule has 2 rings (SSSR count). The third-order valence-electron chi connectivity index (χ3n) is 2.78. The number of rotatable bonds is 1. The summed E-state index contributed by atoms with van der Waals surface area (Å²) in [5, 5.41) is 9.70. The average molecular weight is 241 g/mol. The lowest BCUT2D eigenvalue weighted by Gasteiger charge is -2.14. The van der Waals surface area contributed by atoms with E-state index in [9.17, 15) is 5.11 Å². The van der Waals surface area contributed by atoms with Gasteiger partial charge in [0.2, 0.25) is 0 Å². The molecule has 1 saturated carbocycles. The highest BCUT2D eigenvalue weighted by Crippen LogP contribution is 2.34. The van der Waals surface area contributed by atoms with Crippen LogP contribution in [0.4, 0.5) is 0 Å². The lowest BCUT2D eigenvalue weighted by Crippen LogP contribution is -2.10. The molecule has 1 N–H and O–H groups in total. The minimum absolute atomic E-state index is 0.124. The zero-order chi connectivity index (χ0) is 9.26. The summed E-state index contributed by atoms with van der Waals surface area (Å²) in [4.78, 5) is 0. The third kappa shape index (κ3) is 1.94. The van der Waals surface area contributed by atoms with E-state index in [4.69, 9.17) is 0 Å². The fourth-order valence-corrected chi connectivity index (χ4v) is 2.30. The second kappa shape index (κ2) is 3.81. The summed E-state index contributed by atoms with van der Waals surface area (Å²) < 4.78 is 1.10. The Labute approximate surface area is 86.9 Å². The SMILES string of the molecule is O[C@@H]1CCC[C@@H]1c1ccc(Br)cc1. The summed E-state index contributed by atoms with van der Waals surface area (Å²) in [5.74, 6) is 0.369. The topological polar surface area (TPSA) is 20.2 Å². The van der Waals surface area contributed by atoms with Crippen LogP contribution in [0.2, 0.25) is 0 Å². The van der Waals surface area contributed by atoms with Gasteiger partial charge >= 0.3 is 0 Å². The van der Waals surface area contributed by atoms with Gasteiger partial charge in [-0.2, -0.15) is 0 Å². The molecule has 0 aromatic heterocycles. The Kier molecular flexibility index (Phi) is 2.70. The quantitative estimate of drug-likeness (QED) is 0.801. The van der Waals surface area contributed by atoms with Crippen molar-refractivity contribution in [1.29, 1.82) is 0 Å². The second-order valence-corrected chi connectivity index (χ2v) is 4.57. The van der Waals surface area contributed by atoms with Gasteiger partial charge in [0, 0.05) is 10.4 Å². The maximum Gasteiger partial charge on any atom is 0.0608 e. The molecule has 0 heterocycles. The maximum atomic E-state index is 9.70. The van der Waals surface area contributed by atoms with Gasteiger partial charge in [-0.1, -0.05) is 34.5 Å². The van der Waals surface area contributed by atoms with Crippen molar-refractivity contribution in [2.24, 2.45) is 0 Å². The first kappa shape index (κ1) is 9.22. The largest absolute Gasteiger partial charge is 0.392 e. The summed E-state index contributed by atoms with van der Waals surface area (Å²) in [7, 11) is 0. The van der Waals surface area contributed by atoms with Crippen LogP contribution in [0.15, 0.2) is 28.7 Å². The number of hydrogen-bond donors (Lipinski definition) is 1. The summed E-state index contributed by atoms with van der Waals surface area (Å²) >= 11 is 3.41. The molecule has 1 aliphatic carbocycles. The summed E-state index contributed by atoms with van der Waals surface area (Å²) in [6.07, 6.45) is 3.12. The van der Waals surface area contributed by atoms with Crippen molar-refractivity contribution in [2.45, 2.75) is 31.3 Å². The fourth-order valence-electron chi connectivity index (χ4n) is 2.04. The molecule has 0 radical (unpaired) electrons. The second-order valence-electron chi connectivity index (χ2n) is 3.66. The standard InChI is InChI=1S/C11H13BrO/c12-9-6-4-8(5-7-9)10-2-1-3-11(10)13/h4-7,10-11,13H,1-3H2/t10-,11-/m1/s1. The Morgan fingerprint density at radius 2 is 1.85 bits per heavy atom. The van der Waals surface area contributed by atoms with Gasteiger partial charge < -0.3 is 5.11 Å². The highest BCUT2D eigenvalue weighted by molar-refractivity contribution is 9.10. The fraction of sp³-hybridized carbons (Fsp3) is 0.455. The van der Waals surface area contributed by atoms with E-state index in [1.54, 1.807) is 0 Å². The van der Waals surface area contributed by atoms with Crippen molar-refractivity contribution in [3.8, 4) is 0 Å². The lowest BCUT2D eigenvalue weighted by molar-refractivity contribution is 0.164. The molecule has 1 aliphatic rings. The first-order chi connectivity index (χ1) is 6.27. The average Bonchev–Trinajstić information content (AvgIpc) is 2.53. The van der Waals surface area contributed by atoms with Gasteiger partial charge in [0.25, 0.3) is 0 Å². The van der Waals surface area contributed by atoms with Crippen molar-refractivity contribution in [2.75, 3.05) is 0 Å². The van der Waals surface area contributed by atoms with E-state index in [1.807, 2.05) is 12.1 Å². The molecule has 1 aromatic rings. The van der Waals surface area contributed by atoms with Gasteiger partial charge in [-0.25, -0.2) is 0 Å². The Morgan fingerprint density at radius 1 is 1.15 bits per heavy atom. The molecule has 70 valence electrons. The molecule has 0 aliphatic heterocycles. The number of hydrogen-bond acceptors (Lipinski definition) is 1. The van der Waals surface area contributed by atoms with E-state index >= 15 is 0 Å². The van der Waals surface area contributed by atoms with Gasteiger partial charge in [-0.15, -0.1) is 0 Å². The highest BCUT2D eigenvalue weighted by atomic mass is 79.9. The third-order valence-corrected chi connectivity index (χ3v) is 3.31. The molecule has 2 atom stereocenters. The van der Waals surface area contributed by atoms with Crippen LogP contribution in [0.25, 0.3) is 0 Å². The monoisotopic (exact) mass is 240 g/mol. The smallest absolute Gasteiger partial charge is 0.0608 e. The zero-order valence-electron chi connectivity index (χ0n) is 7.41. The van der Waals surface area contributed by atoms with Crippen molar-refractivity contribution in [3.05, 3.63) is 34.3 Å². The lowest BCUT2D eigenvalue weighted by atomic mass is 9.96. The van der Waals surface area contributed by atoms with E-state index < -0.39 is 0 Å². The Hall–Kier alpha value is -0.340. The van der Waals surface area contributed by atoms with Crippen LogP contribution in [0.5, 0.6) is 0 Å². The molecular weight excluding hydrogens is 228 g/mol. The molecule has 0 bridgehead atoms. The van der Waals surface area contributed by atoms with Gasteiger partial charge in [-0.05, 0) is 30.5 Å². The Bertz CT molecular complexity index is 281. The Morgan fingerprint density at radius 3 is 2.38 bits per heavy atom. The van der Waals surface area contributed by atoms with E-state index in [-0.39, 0.29) is 6.10 Å². The van der Waals surface area contributed by atoms with Crippen molar-refractivity contribution < 1.29 is 5.11 Å². The molecule has 0 spiro atoms. The first-order valence-electron chi connectivity index (χ1n) is 4.71. The van der Waals surface area contributed by atoms with Gasteiger partial charge in [0.15, 0.2) is 0 Å². The van der Waals surface area contributed by atoms with Crippen LogP contribution in [0.1, 0.15) is 30.7 Å².